The number of carbonyl (C=O) groups is 1. The zero-order valence-electron chi connectivity index (χ0n) is 16.8. The quantitative estimate of drug-likeness (QED) is 0.869. The summed E-state index contributed by atoms with van der Waals surface area (Å²) in [6.45, 7) is 8.05. The number of hydrogen-bond donors (Lipinski definition) is 1. The summed E-state index contributed by atoms with van der Waals surface area (Å²) >= 11 is 0. The van der Waals surface area contributed by atoms with Gasteiger partial charge in [-0.1, -0.05) is 13.8 Å². The van der Waals surface area contributed by atoms with Gasteiger partial charge >= 0.3 is 0 Å². The fraction of sp³-hybridized carbons (Fsp3) is 0.600. The van der Waals surface area contributed by atoms with E-state index in [2.05, 4.69) is 28.8 Å². The minimum absolute atomic E-state index is 0.119. The van der Waals surface area contributed by atoms with Crippen LogP contribution in [0.4, 0.5) is 5.95 Å². The number of carbonyl (C=O) groups excluding carboxylic acids is 1. The monoisotopic (exact) mass is 384 g/mol. The van der Waals surface area contributed by atoms with E-state index in [0.717, 1.165) is 36.3 Å². The molecule has 1 unspecified atom stereocenters. The molecule has 8 heteroatoms. The number of nitrogens with zero attached hydrogens (tertiary/aromatic N) is 5. The number of piperidine rings is 1. The van der Waals surface area contributed by atoms with Gasteiger partial charge in [0.05, 0.1) is 12.3 Å². The molecule has 2 aliphatic rings. The molecule has 150 valence electrons. The lowest BCUT2D eigenvalue weighted by Crippen LogP contribution is -2.50. The molecule has 1 spiro atoms. The number of anilines is 1. The van der Waals surface area contributed by atoms with Gasteiger partial charge in [-0.2, -0.15) is 0 Å². The van der Waals surface area contributed by atoms with Crippen molar-refractivity contribution in [3.8, 4) is 0 Å². The van der Waals surface area contributed by atoms with Crippen LogP contribution in [0.1, 0.15) is 62.7 Å². The molecule has 28 heavy (non-hydrogen) atoms. The SMILES string of the molecule is CC(C)c1nccn1C(C)C(=O)N1CCC2(CC1)OCCc1cnc(N)nc12. The summed E-state index contributed by atoms with van der Waals surface area (Å²) in [7, 11) is 0. The van der Waals surface area contributed by atoms with Gasteiger partial charge in [0.1, 0.15) is 17.5 Å². The Labute approximate surface area is 165 Å². The summed E-state index contributed by atoms with van der Waals surface area (Å²) in [4.78, 5) is 28.1. The standard InChI is InChI=1S/C20H28N6O2/c1-13(2)17-22-7-10-26(17)14(3)18(27)25-8-5-20(6-9-25)16-15(4-11-28-20)12-23-19(21)24-16/h7,10,12-14H,4-6,8-9,11H2,1-3H3,(H2,21,23,24). The Hall–Kier alpha value is -2.48. The Morgan fingerprint density at radius 1 is 1.25 bits per heavy atom. The van der Waals surface area contributed by atoms with E-state index in [1.165, 1.54) is 0 Å². The lowest BCUT2D eigenvalue weighted by atomic mass is 9.83. The van der Waals surface area contributed by atoms with E-state index in [1.807, 2.05) is 28.8 Å². The summed E-state index contributed by atoms with van der Waals surface area (Å²) in [5.41, 5.74) is 7.38. The van der Waals surface area contributed by atoms with Crippen molar-refractivity contribution in [3.63, 3.8) is 0 Å². The van der Waals surface area contributed by atoms with Crippen molar-refractivity contribution in [1.82, 2.24) is 24.4 Å². The van der Waals surface area contributed by atoms with Crippen molar-refractivity contribution in [2.45, 2.75) is 57.6 Å². The van der Waals surface area contributed by atoms with Crippen LogP contribution >= 0.6 is 0 Å². The van der Waals surface area contributed by atoms with Gasteiger partial charge in [0.25, 0.3) is 0 Å². The van der Waals surface area contributed by atoms with E-state index >= 15 is 0 Å². The highest BCUT2D eigenvalue weighted by Gasteiger charge is 2.43. The van der Waals surface area contributed by atoms with Gasteiger partial charge in [0, 0.05) is 37.6 Å². The van der Waals surface area contributed by atoms with Crippen molar-refractivity contribution in [2.75, 3.05) is 25.4 Å². The van der Waals surface area contributed by atoms with E-state index in [0.29, 0.717) is 19.7 Å². The van der Waals surface area contributed by atoms with Crippen LogP contribution < -0.4 is 5.73 Å². The van der Waals surface area contributed by atoms with Crippen molar-refractivity contribution in [3.05, 3.63) is 35.7 Å². The average Bonchev–Trinajstić information content (AvgIpc) is 3.18. The maximum atomic E-state index is 13.1. The molecule has 4 rings (SSSR count). The summed E-state index contributed by atoms with van der Waals surface area (Å²) in [5, 5.41) is 0. The summed E-state index contributed by atoms with van der Waals surface area (Å²) in [5.74, 6) is 1.60. The number of rotatable bonds is 3. The van der Waals surface area contributed by atoms with Crippen molar-refractivity contribution in [1.29, 1.82) is 0 Å². The molecule has 2 aromatic heterocycles. The molecule has 2 aliphatic heterocycles. The highest BCUT2D eigenvalue weighted by molar-refractivity contribution is 5.80. The highest BCUT2D eigenvalue weighted by atomic mass is 16.5. The zero-order valence-corrected chi connectivity index (χ0v) is 16.8. The first-order valence-corrected chi connectivity index (χ1v) is 9.98. The smallest absolute Gasteiger partial charge is 0.245 e. The van der Waals surface area contributed by atoms with E-state index < -0.39 is 5.60 Å². The van der Waals surface area contributed by atoms with Gasteiger partial charge in [-0.3, -0.25) is 4.79 Å². The van der Waals surface area contributed by atoms with E-state index in [9.17, 15) is 4.79 Å². The van der Waals surface area contributed by atoms with E-state index in [-0.39, 0.29) is 23.8 Å². The molecule has 0 aliphatic carbocycles. The molecule has 0 bridgehead atoms. The van der Waals surface area contributed by atoms with E-state index in [4.69, 9.17) is 10.5 Å². The van der Waals surface area contributed by atoms with Crippen LogP contribution in [0.25, 0.3) is 0 Å². The molecule has 4 heterocycles. The number of hydrogen-bond acceptors (Lipinski definition) is 6. The molecule has 8 nitrogen and oxygen atoms in total. The molecular formula is C20H28N6O2. The number of imidazole rings is 1. The van der Waals surface area contributed by atoms with Gasteiger partial charge in [0.2, 0.25) is 11.9 Å². The number of amides is 1. The summed E-state index contributed by atoms with van der Waals surface area (Å²) in [6.07, 6.45) is 7.71. The minimum atomic E-state index is -0.456. The van der Waals surface area contributed by atoms with Crippen LogP contribution in [0.5, 0.6) is 0 Å². The Morgan fingerprint density at radius 2 is 2.00 bits per heavy atom. The van der Waals surface area contributed by atoms with Crippen LogP contribution in [0, 0.1) is 0 Å². The number of aromatic nitrogens is 4. The highest BCUT2D eigenvalue weighted by Crippen LogP contribution is 2.40. The van der Waals surface area contributed by atoms with Gasteiger partial charge in [0.15, 0.2) is 0 Å². The second-order valence-electron chi connectivity index (χ2n) is 8.04. The van der Waals surface area contributed by atoms with E-state index in [1.54, 1.807) is 6.20 Å². The lowest BCUT2D eigenvalue weighted by molar-refractivity contribution is -0.144. The van der Waals surface area contributed by atoms with Crippen molar-refractivity contribution >= 4 is 11.9 Å². The second-order valence-corrected chi connectivity index (χ2v) is 8.04. The number of nitrogens with two attached hydrogens (primary N) is 1. The topological polar surface area (TPSA) is 99.2 Å². The number of fused-ring (bicyclic) bond motifs is 2. The Balaban J connectivity index is 1.50. The molecule has 1 fully saturated rings. The van der Waals surface area contributed by atoms with Gasteiger partial charge in [-0.15, -0.1) is 0 Å². The molecular weight excluding hydrogens is 356 g/mol. The number of ether oxygens (including phenoxy) is 1. The van der Waals surface area contributed by atoms with Crippen LogP contribution in [-0.4, -0.2) is 50.0 Å². The predicted molar refractivity (Wildman–Crippen MR) is 105 cm³/mol. The average molecular weight is 384 g/mol. The number of likely N-dealkylation sites (tertiary alicyclic amines) is 1. The first-order chi connectivity index (χ1) is 13.4. The van der Waals surface area contributed by atoms with Crippen molar-refractivity contribution < 1.29 is 9.53 Å². The Kier molecular flexibility index (Phi) is 4.82. The maximum Gasteiger partial charge on any atom is 0.245 e. The van der Waals surface area contributed by atoms with Crippen LogP contribution in [0.3, 0.4) is 0 Å². The fourth-order valence-electron chi connectivity index (χ4n) is 4.37. The molecule has 1 saturated heterocycles. The molecule has 1 amide bonds. The molecule has 1 atom stereocenters. The summed E-state index contributed by atoms with van der Waals surface area (Å²) < 4.78 is 8.18. The minimum Gasteiger partial charge on any atom is -0.368 e. The van der Waals surface area contributed by atoms with Crippen LogP contribution in [0.15, 0.2) is 18.6 Å². The van der Waals surface area contributed by atoms with Crippen LogP contribution in [-0.2, 0) is 21.6 Å². The third-order valence-corrected chi connectivity index (χ3v) is 5.94. The maximum absolute atomic E-state index is 13.1. The fourth-order valence-corrected chi connectivity index (χ4v) is 4.37. The first-order valence-electron chi connectivity index (χ1n) is 9.98. The number of nitrogen functional groups attached to an aromatic ring is 1. The largest absolute Gasteiger partial charge is 0.368 e. The summed E-state index contributed by atoms with van der Waals surface area (Å²) in [6, 6.07) is -0.272. The first kappa shape index (κ1) is 18.9. The van der Waals surface area contributed by atoms with Gasteiger partial charge in [-0.25, -0.2) is 15.0 Å². The third kappa shape index (κ3) is 3.15. The molecule has 2 aromatic rings. The molecule has 0 aromatic carbocycles. The second kappa shape index (κ2) is 7.16. The zero-order chi connectivity index (χ0) is 19.9. The Morgan fingerprint density at radius 3 is 2.71 bits per heavy atom. The molecule has 0 radical (unpaired) electrons. The molecule has 2 N–H and O–H groups in total. The Bertz CT molecular complexity index is 869. The van der Waals surface area contributed by atoms with Gasteiger partial charge < -0.3 is 19.9 Å². The lowest BCUT2D eigenvalue weighted by Gasteiger charge is -2.44. The van der Waals surface area contributed by atoms with Crippen molar-refractivity contribution in [2.24, 2.45) is 0 Å². The van der Waals surface area contributed by atoms with Crippen LogP contribution in [0.2, 0.25) is 0 Å². The predicted octanol–water partition coefficient (Wildman–Crippen LogP) is 2.03. The normalized spacial score (nSPS) is 19.6. The third-order valence-electron chi connectivity index (χ3n) is 5.94. The van der Waals surface area contributed by atoms with Gasteiger partial charge in [-0.05, 0) is 31.7 Å². The molecule has 0 saturated carbocycles.